The van der Waals surface area contributed by atoms with Gasteiger partial charge in [-0.15, -0.1) is 0 Å². The predicted octanol–water partition coefficient (Wildman–Crippen LogP) is 6.80. The molecule has 1 saturated carbocycles. The van der Waals surface area contributed by atoms with Crippen LogP contribution in [-0.2, 0) is 27.9 Å². The molecule has 1 aliphatic carbocycles. The molecule has 0 aromatic heterocycles. The minimum absolute atomic E-state index is 0.0771. The summed E-state index contributed by atoms with van der Waals surface area (Å²) in [6, 6.07) is 0. The molecule has 0 aromatic rings. The quantitative estimate of drug-likeness (QED) is 0.0178. The molecule has 6 atom stereocenters. The summed E-state index contributed by atoms with van der Waals surface area (Å²) in [5.41, 5.74) is 0. The lowest BCUT2D eigenvalue weighted by molar-refractivity contribution is -0.220. The van der Waals surface area contributed by atoms with Gasteiger partial charge in [-0.3, -0.25) is 13.8 Å². The number of ether oxygens (including phenoxy) is 2. The first-order valence-electron chi connectivity index (χ1n) is 20.0. The number of unbranched alkanes of at least 4 members (excludes halogenated alkanes) is 19. The molecule has 0 radical (unpaired) electrons. The Hall–Kier alpha value is -0.920. The summed E-state index contributed by atoms with van der Waals surface area (Å²) in [4.78, 5) is 22.9. The SMILES string of the molecule is CCCCCCCCC/C=C\CCCCCCCCOCC(COP(=O)(O)OC1C(O)C(O)C(O)C(O)C1O)OC(=O)CCCCCCCCC. The van der Waals surface area contributed by atoms with Crippen molar-refractivity contribution >= 4 is 13.8 Å². The van der Waals surface area contributed by atoms with Crippen LogP contribution in [0, 0.1) is 0 Å². The fraction of sp³-hybridized carbons (Fsp3) is 0.921. The topological polar surface area (TPSA) is 192 Å². The van der Waals surface area contributed by atoms with Crippen molar-refractivity contribution in [3.63, 3.8) is 0 Å². The largest absolute Gasteiger partial charge is 0.472 e. The first kappa shape index (κ1) is 48.1. The van der Waals surface area contributed by atoms with E-state index in [0.717, 1.165) is 57.8 Å². The van der Waals surface area contributed by atoms with Crippen LogP contribution in [0.5, 0.6) is 0 Å². The monoisotopic (exact) mass is 752 g/mol. The molecule has 1 aliphatic rings. The Balaban J connectivity index is 2.39. The maximum absolute atomic E-state index is 12.7. The third kappa shape index (κ3) is 23.5. The zero-order valence-electron chi connectivity index (χ0n) is 31.7. The van der Waals surface area contributed by atoms with Gasteiger partial charge in [0.1, 0.15) is 42.7 Å². The minimum Gasteiger partial charge on any atom is -0.457 e. The van der Waals surface area contributed by atoms with E-state index in [1.807, 2.05) is 0 Å². The van der Waals surface area contributed by atoms with Gasteiger partial charge in [-0.25, -0.2) is 4.57 Å². The van der Waals surface area contributed by atoms with Gasteiger partial charge in [-0.2, -0.15) is 0 Å². The molecule has 13 heteroatoms. The summed E-state index contributed by atoms with van der Waals surface area (Å²) in [7, 11) is -5.00. The number of rotatable bonds is 33. The fourth-order valence-electron chi connectivity index (χ4n) is 6.11. The average Bonchev–Trinajstić information content (AvgIpc) is 3.11. The van der Waals surface area contributed by atoms with Crippen molar-refractivity contribution in [3.8, 4) is 0 Å². The Kier molecular flexibility index (Phi) is 28.7. The highest BCUT2D eigenvalue weighted by molar-refractivity contribution is 7.47. The third-order valence-corrected chi connectivity index (χ3v) is 10.4. The van der Waals surface area contributed by atoms with Crippen LogP contribution in [0.15, 0.2) is 12.2 Å². The molecule has 0 heterocycles. The first-order valence-corrected chi connectivity index (χ1v) is 21.5. The lowest BCUT2D eigenvalue weighted by Crippen LogP contribution is -2.64. The van der Waals surface area contributed by atoms with Crippen molar-refractivity contribution in [1.29, 1.82) is 0 Å². The van der Waals surface area contributed by atoms with Gasteiger partial charge in [0.2, 0.25) is 0 Å². The van der Waals surface area contributed by atoms with E-state index in [0.29, 0.717) is 13.0 Å². The number of allylic oxidation sites excluding steroid dienone is 2. The van der Waals surface area contributed by atoms with Crippen LogP contribution in [-0.4, -0.2) is 98.9 Å². The zero-order valence-corrected chi connectivity index (χ0v) is 32.6. The van der Waals surface area contributed by atoms with Crippen LogP contribution in [0.4, 0.5) is 0 Å². The molecule has 6 N–H and O–H groups in total. The van der Waals surface area contributed by atoms with E-state index in [-0.39, 0.29) is 13.0 Å². The smallest absolute Gasteiger partial charge is 0.457 e. The Morgan fingerprint density at radius 3 is 1.55 bits per heavy atom. The van der Waals surface area contributed by atoms with Crippen molar-refractivity contribution < 1.29 is 58.3 Å². The number of hydrogen-bond acceptors (Lipinski definition) is 11. The molecular formula is C38H73O12P. The van der Waals surface area contributed by atoms with E-state index in [1.54, 1.807) is 0 Å². The highest BCUT2D eigenvalue weighted by Gasteiger charge is 2.51. The van der Waals surface area contributed by atoms with E-state index in [9.17, 15) is 39.8 Å². The highest BCUT2D eigenvalue weighted by Crippen LogP contribution is 2.47. The van der Waals surface area contributed by atoms with Gasteiger partial charge in [0.25, 0.3) is 0 Å². The summed E-state index contributed by atoms with van der Waals surface area (Å²) in [6.45, 7) is 4.17. The molecule has 0 aromatic carbocycles. The summed E-state index contributed by atoms with van der Waals surface area (Å²) in [5, 5.41) is 49.9. The van der Waals surface area contributed by atoms with Gasteiger partial charge < -0.3 is 39.9 Å². The number of carbonyl (C=O) groups excluding carboxylic acids is 1. The molecular weight excluding hydrogens is 679 g/mol. The maximum atomic E-state index is 12.7. The van der Waals surface area contributed by atoms with Crippen LogP contribution < -0.4 is 0 Å². The number of phosphoric ester groups is 1. The van der Waals surface area contributed by atoms with Crippen LogP contribution in [0.25, 0.3) is 0 Å². The molecule has 0 aliphatic heterocycles. The lowest BCUT2D eigenvalue weighted by Gasteiger charge is -2.41. The van der Waals surface area contributed by atoms with Crippen molar-refractivity contribution in [2.45, 2.75) is 204 Å². The third-order valence-electron chi connectivity index (χ3n) is 9.39. The van der Waals surface area contributed by atoms with Gasteiger partial charge in [0, 0.05) is 13.0 Å². The van der Waals surface area contributed by atoms with Crippen LogP contribution in [0.1, 0.15) is 162 Å². The number of phosphoric acid groups is 1. The normalized spacial score (nSPS) is 24.2. The number of hydrogen-bond donors (Lipinski definition) is 6. The van der Waals surface area contributed by atoms with E-state index < -0.39 is 63.1 Å². The molecule has 0 spiro atoms. The van der Waals surface area contributed by atoms with E-state index in [4.69, 9.17) is 18.5 Å². The molecule has 302 valence electrons. The molecule has 0 saturated heterocycles. The second kappa shape index (κ2) is 30.4. The standard InChI is InChI=1S/C38H73O12P/c1-3-5-7-9-11-12-13-14-15-16-17-18-19-20-22-24-26-28-47-29-31(49-32(39)27-25-23-21-10-8-6-4-2)30-48-51(45,46)50-38-36(43)34(41)33(40)35(42)37(38)44/h15-16,31,33-38,40-44H,3-14,17-30H2,1-2H3,(H,45,46)/b16-15-. The number of esters is 1. The maximum Gasteiger partial charge on any atom is 0.472 e. The first-order chi connectivity index (χ1) is 24.5. The van der Waals surface area contributed by atoms with Gasteiger partial charge >= 0.3 is 13.8 Å². The van der Waals surface area contributed by atoms with Gasteiger partial charge in [0.05, 0.1) is 13.2 Å². The van der Waals surface area contributed by atoms with Crippen molar-refractivity contribution in [1.82, 2.24) is 0 Å². The van der Waals surface area contributed by atoms with Crippen LogP contribution >= 0.6 is 7.82 Å². The number of aliphatic hydroxyl groups is 5. The van der Waals surface area contributed by atoms with Gasteiger partial charge in [-0.1, -0.05) is 129 Å². The minimum atomic E-state index is -5.00. The molecule has 51 heavy (non-hydrogen) atoms. The van der Waals surface area contributed by atoms with E-state index >= 15 is 0 Å². The molecule has 6 unspecified atom stereocenters. The van der Waals surface area contributed by atoms with Crippen molar-refractivity contribution in [2.75, 3.05) is 19.8 Å². The summed E-state index contributed by atoms with van der Waals surface area (Å²) in [6.07, 6.45) is 17.5. The Morgan fingerprint density at radius 1 is 0.608 bits per heavy atom. The average molecular weight is 753 g/mol. The van der Waals surface area contributed by atoms with Crippen LogP contribution in [0.3, 0.4) is 0 Å². The highest BCUT2D eigenvalue weighted by atomic mass is 31.2. The molecule has 1 rings (SSSR count). The van der Waals surface area contributed by atoms with Gasteiger partial charge in [-0.05, 0) is 38.5 Å². The van der Waals surface area contributed by atoms with Crippen molar-refractivity contribution in [2.24, 2.45) is 0 Å². The Morgan fingerprint density at radius 2 is 1.04 bits per heavy atom. The Labute approximate surface area is 307 Å². The molecule has 0 bridgehead atoms. The second-order valence-corrected chi connectivity index (χ2v) is 15.5. The number of aliphatic hydroxyl groups excluding tert-OH is 5. The molecule has 1 fully saturated rings. The Bertz CT molecular complexity index is 905. The van der Waals surface area contributed by atoms with E-state index in [1.165, 1.54) is 77.0 Å². The van der Waals surface area contributed by atoms with Crippen LogP contribution in [0.2, 0.25) is 0 Å². The predicted molar refractivity (Wildman–Crippen MR) is 198 cm³/mol. The zero-order chi connectivity index (χ0) is 37.7. The molecule has 12 nitrogen and oxygen atoms in total. The second-order valence-electron chi connectivity index (χ2n) is 14.1. The van der Waals surface area contributed by atoms with Crippen molar-refractivity contribution in [3.05, 3.63) is 12.2 Å². The summed E-state index contributed by atoms with van der Waals surface area (Å²) >= 11 is 0. The van der Waals surface area contributed by atoms with E-state index in [2.05, 4.69) is 26.0 Å². The number of carbonyl (C=O) groups is 1. The molecule has 0 amide bonds. The summed E-state index contributed by atoms with van der Waals surface area (Å²) < 4.78 is 33.9. The summed E-state index contributed by atoms with van der Waals surface area (Å²) in [5.74, 6) is -0.486. The van der Waals surface area contributed by atoms with Gasteiger partial charge in [0.15, 0.2) is 0 Å². The fourth-order valence-corrected chi connectivity index (χ4v) is 7.09. The lowest BCUT2D eigenvalue weighted by atomic mass is 9.85.